The van der Waals surface area contributed by atoms with Gasteiger partial charge in [-0.25, -0.2) is 8.42 Å². The molecular formula is C14H22N2O2S. The Labute approximate surface area is 115 Å². The molecule has 0 amide bonds. The Hall–Kier alpha value is -1.07. The second kappa shape index (κ2) is 6.39. The lowest BCUT2D eigenvalue weighted by molar-refractivity contribution is 0.595. The third kappa shape index (κ3) is 4.84. The molecule has 1 saturated carbocycles. The van der Waals surface area contributed by atoms with Crippen LogP contribution < -0.4 is 10.0 Å². The Balaban J connectivity index is 1.93. The molecule has 1 aromatic rings. The van der Waals surface area contributed by atoms with E-state index in [9.17, 15) is 8.42 Å². The summed E-state index contributed by atoms with van der Waals surface area (Å²) < 4.78 is 26.7. The topological polar surface area (TPSA) is 58.2 Å². The van der Waals surface area contributed by atoms with Crippen LogP contribution in [0.4, 0.5) is 5.69 Å². The van der Waals surface area contributed by atoms with Gasteiger partial charge >= 0.3 is 0 Å². The maximum Gasteiger partial charge on any atom is 0.233 e. The largest absolute Gasteiger partial charge is 0.313 e. The van der Waals surface area contributed by atoms with E-state index in [0.29, 0.717) is 12.6 Å². The lowest BCUT2D eigenvalue weighted by Crippen LogP contribution is -2.28. The summed E-state index contributed by atoms with van der Waals surface area (Å²) in [5.41, 5.74) is 1.78. The highest BCUT2D eigenvalue weighted by Gasteiger charge is 2.21. The normalized spacial score (nSPS) is 15.4. The van der Waals surface area contributed by atoms with Crippen LogP contribution in [0.25, 0.3) is 0 Å². The lowest BCUT2D eigenvalue weighted by atomic mass is 10.1. The molecular weight excluding hydrogens is 260 g/mol. The Kier molecular flexibility index (Phi) is 4.82. The highest BCUT2D eigenvalue weighted by molar-refractivity contribution is 7.92. The third-order valence-electron chi connectivity index (χ3n) is 3.18. The molecule has 2 N–H and O–H groups in total. The molecule has 0 saturated heterocycles. The highest BCUT2D eigenvalue weighted by Crippen LogP contribution is 2.19. The number of hydrogen-bond donors (Lipinski definition) is 2. The van der Waals surface area contributed by atoms with Crippen molar-refractivity contribution in [2.75, 3.05) is 17.0 Å². The summed E-state index contributed by atoms with van der Waals surface area (Å²) in [7, 11) is -3.26. The van der Waals surface area contributed by atoms with Gasteiger partial charge in [-0.05, 0) is 30.9 Å². The van der Waals surface area contributed by atoms with Crippen LogP contribution >= 0.6 is 0 Å². The number of rotatable bonds is 8. The summed E-state index contributed by atoms with van der Waals surface area (Å²) in [6.07, 6.45) is 4.24. The van der Waals surface area contributed by atoms with Crippen LogP contribution in [0.1, 0.15) is 31.7 Å². The van der Waals surface area contributed by atoms with Crippen molar-refractivity contribution in [3.8, 4) is 0 Å². The monoisotopic (exact) mass is 282 g/mol. The summed E-state index contributed by atoms with van der Waals surface area (Å²) in [5.74, 6) is 0.129. The molecule has 0 spiro atoms. The number of anilines is 1. The van der Waals surface area contributed by atoms with Gasteiger partial charge in [-0.2, -0.15) is 0 Å². The molecule has 1 aromatic carbocycles. The smallest absolute Gasteiger partial charge is 0.233 e. The Morgan fingerprint density at radius 3 is 2.68 bits per heavy atom. The summed E-state index contributed by atoms with van der Waals surface area (Å²) in [6.45, 7) is 2.61. The minimum absolute atomic E-state index is 0.129. The first-order valence-electron chi connectivity index (χ1n) is 6.92. The second-order valence-corrected chi connectivity index (χ2v) is 6.90. The fourth-order valence-corrected chi connectivity index (χ4v) is 3.03. The number of hydrogen-bond acceptors (Lipinski definition) is 3. The molecule has 0 radical (unpaired) electrons. The third-order valence-corrected chi connectivity index (χ3v) is 4.46. The Morgan fingerprint density at radius 1 is 1.26 bits per heavy atom. The molecule has 0 aromatic heterocycles. The van der Waals surface area contributed by atoms with E-state index in [1.165, 1.54) is 12.8 Å². The zero-order valence-corrected chi connectivity index (χ0v) is 12.2. The SMILES string of the molecule is CCCc1ccccc1NS(=O)(=O)CCNC1CC1. The zero-order valence-electron chi connectivity index (χ0n) is 11.4. The van der Waals surface area contributed by atoms with Crippen molar-refractivity contribution in [2.45, 2.75) is 38.6 Å². The number of benzene rings is 1. The average molecular weight is 282 g/mol. The molecule has 1 aliphatic rings. The van der Waals surface area contributed by atoms with E-state index in [0.717, 1.165) is 24.1 Å². The molecule has 0 aliphatic heterocycles. The van der Waals surface area contributed by atoms with E-state index in [2.05, 4.69) is 17.0 Å². The molecule has 106 valence electrons. The van der Waals surface area contributed by atoms with E-state index >= 15 is 0 Å². The first kappa shape index (κ1) is 14.3. The van der Waals surface area contributed by atoms with Gasteiger partial charge in [-0.1, -0.05) is 31.5 Å². The van der Waals surface area contributed by atoms with Crippen molar-refractivity contribution in [3.63, 3.8) is 0 Å². The van der Waals surface area contributed by atoms with Crippen molar-refractivity contribution in [3.05, 3.63) is 29.8 Å². The van der Waals surface area contributed by atoms with Crippen LogP contribution in [-0.2, 0) is 16.4 Å². The maximum absolute atomic E-state index is 12.0. The highest BCUT2D eigenvalue weighted by atomic mass is 32.2. The first-order chi connectivity index (χ1) is 9.11. The molecule has 0 bridgehead atoms. The van der Waals surface area contributed by atoms with Gasteiger partial charge in [0.1, 0.15) is 0 Å². The van der Waals surface area contributed by atoms with E-state index in [-0.39, 0.29) is 5.75 Å². The summed E-state index contributed by atoms with van der Waals surface area (Å²) in [5, 5.41) is 3.22. The molecule has 0 unspecified atom stereocenters. The van der Waals surface area contributed by atoms with Crippen LogP contribution in [0.15, 0.2) is 24.3 Å². The van der Waals surface area contributed by atoms with Crippen molar-refractivity contribution in [2.24, 2.45) is 0 Å². The van der Waals surface area contributed by atoms with Crippen LogP contribution in [0.2, 0.25) is 0 Å². The van der Waals surface area contributed by atoms with Crippen LogP contribution in [0.3, 0.4) is 0 Å². The van der Waals surface area contributed by atoms with Gasteiger partial charge in [0.15, 0.2) is 0 Å². The second-order valence-electron chi connectivity index (χ2n) is 5.06. The van der Waals surface area contributed by atoms with Crippen LogP contribution in [-0.4, -0.2) is 26.8 Å². The molecule has 19 heavy (non-hydrogen) atoms. The molecule has 2 rings (SSSR count). The van der Waals surface area contributed by atoms with Gasteiger partial charge in [0.05, 0.1) is 11.4 Å². The van der Waals surface area contributed by atoms with Crippen molar-refractivity contribution < 1.29 is 8.42 Å². The van der Waals surface area contributed by atoms with Crippen molar-refractivity contribution in [1.82, 2.24) is 5.32 Å². The number of aryl methyl sites for hydroxylation is 1. The van der Waals surface area contributed by atoms with Crippen LogP contribution in [0.5, 0.6) is 0 Å². The van der Waals surface area contributed by atoms with Gasteiger partial charge in [-0.15, -0.1) is 0 Å². The predicted molar refractivity (Wildman–Crippen MR) is 78.9 cm³/mol. The standard InChI is InChI=1S/C14H22N2O2S/c1-2-5-12-6-3-4-7-14(12)16-19(17,18)11-10-15-13-8-9-13/h3-4,6-7,13,15-16H,2,5,8-11H2,1H3. The fourth-order valence-electron chi connectivity index (χ4n) is 2.01. The minimum Gasteiger partial charge on any atom is -0.313 e. The number of sulfonamides is 1. The molecule has 4 nitrogen and oxygen atoms in total. The molecule has 5 heteroatoms. The van der Waals surface area contributed by atoms with Gasteiger partial charge in [0, 0.05) is 12.6 Å². The molecule has 0 atom stereocenters. The Morgan fingerprint density at radius 2 is 2.00 bits per heavy atom. The van der Waals surface area contributed by atoms with Crippen molar-refractivity contribution in [1.29, 1.82) is 0 Å². The minimum atomic E-state index is -3.26. The van der Waals surface area contributed by atoms with Gasteiger partial charge in [0.25, 0.3) is 0 Å². The fraction of sp³-hybridized carbons (Fsp3) is 0.571. The first-order valence-corrected chi connectivity index (χ1v) is 8.58. The van der Waals surface area contributed by atoms with Gasteiger partial charge < -0.3 is 5.32 Å². The van der Waals surface area contributed by atoms with Crippen LogP contribution in [0, 0.1) is 0 Å². The van der Waals surface area contributed by atoms with Gasteiger partial charge in [-0.3, -0.25) is 4.72 Å². The Bertz CT molecular complexity index is 510. The van der Waals surface area contributed by atoms with E-state index in [1.54, 1.807) is 0 Å². The van der Waals surface area contributed by atoms with E-state index < -0.39 is 10.0 Å². The van der Waals surface area contributed by atoms with E-state index in [4.69, 9.17) is 0 Å². The quantitative estimate of drug-likeness (QED) is 0.768. The maximum atomic E-state index is 12.0. The average Bonchev–Trinajstić information content (AvgIpc) is 3.15. The number of para-hydroxylation sites is 1. The molecule has 1 fully saturated rings. The van der Waals surface area contributed by atoms with E-state index in [1.807, 2.05) is 24.3 Å². The van der Waals surface area contributed by atoms with Crippen molar-refractivity contribution >= 4 is 15.7 Å². The number of nitrogens with one attached hydrogen (secondary N) is 2. The zero-order chi connectivity index (χ0) is 13.7. The summed E-state index contributed by atoms with van der Waals surface area (Å²) in [4.78, 5) is 0. The van der Waals surface area contributed by atoms with Gasteiger partial charge in [0.2, 0.25) is 10.0 Å². The molecule has 0 heterocycles. The lowest BCUT2D eigenvalue weighted by Gasteiger charge is -2.12. The summed E-state index contributed by atoms with van der Waals surface area (Å²) in [6, 6.07) is 8.15. The molecule has 1 aliphatic carbocycles. The summed E-state index contributed by atoms with van der Waals surface area (Å²) >= 11 is 0. The predicted octanol–water partition coefficient (Wildman–Crippen LogP) is 2.13.